The first kappa shape index (κ1) is 10.7. The van der Waals surface area contributed by atoms with Crippen LogP contribution in [-0.4, -0.2) is 12.4 Å². The minimum absolute atomic E-state index is 0.126. The van der Waals surface area contributed by atoms with Gasteiger partial charge in [0.25, 0.3) is 0 Å². The molecule has 2 heteroatoms. The summed E-state index contributed by atoms with van der Waals surface area (Å²) in [5, 5.41) is 0. The number of rotatable bonds is 1. The second kappa shape index (κ2) is 3.95. The molecule has 0 saturated carbocycles. The van der Waals surface area contributed by atoms with Crippen LogP contribution in [0, 0.1) is 0 Å². The highest BCUT2D eigenvalue weighted by molar-refractivity contribution is 5.22. The maximum atomic E-state index is 5.91. The van der Waals surface area contributed by atoms with Gasteiger partial charge in [-0.05, 0) is 26.3 Å². The first-order chi connectivity index (χ1) is 7.10. The van der Waals surface area contributed by atoms with Crippen molar-refractivity contribution in [2.75, 3.05) is 0 Å². The van der Waals surface area contributed by atoms with Crippen molar-refractivity contribution in [3.05, 3.63) is 35.9 Å². The van der Waals surface area contributed by atoms with Gasteiger partial charge in [0.1, 0.15) is 0 Å². The van der Waals surface area contributed by atoms with Gasteiger partial charge in [-0.25, -0.2) is 0 Å². The maximum Gasteiger partial charge on any atom is 0.156 e. The van der Waals surface area contributed by atoms with E-state index in [0.29, 0.717) is 0 Å². The van der Waals surface area contributed by atoms with Gasteiger partial charge in [-0.3, -0.25) is 0 Å². The number of benzene rings is 1. The Bertz CT molecular complexity index is 311. The van der Waals surface area contributed by atoms with Gasteiger partial charge >= 0.3 is 0 Å². The number of hydrogen-bond donors (Lipinski definition) is 0. The molecule has 82 valence electrons. The van der Waals surface area contributed by atoms with E-state index in [2.05, 4.69) is 38.1 Å². The molecule has 2 rings (SSSR count). The van der Waals surface area contributed by atoms with Crippen molar-refractivity contribution in [3.8, 4) is 0 Å². The molecule has 0 bridgehead atoms. The van der Waals surface area contributed by atoms with Crippen molar-refractivity contribution in [1.29, 1.82) is 0 Å². The zero-order valence-corrected chi connectivity index (χ0v) is 9.57. The Morgan fingerprint density at radius 1 is 1.20 bits per heavy atom. The molecule has 1 aromatic carbocycles. The lowest BCUT2D eigenvalue weighted by Crippen LogP contribution is -2.41. The summed E-state index contributed by atoms with van der Waals surface area (Å²) < 4.78 is 11.5. The van der Waals surface area contributed by atoms with Crippen LogP contribution < -0.4 is 0 Å². The third-order valence-corrected chi connectivity index (χ3v) is 2.91. The summed E-state index contributed by atoms with van der Waals surface area (Å²) in [4.78, 5) is 0. The standard InChI is InChI=1S/C13H18O2/c1-10-9-13(3,15-11(2)14-10)12-7-5-4-6-8-12/h4-8,10-11H,9H2,1-3H3/t10-,11+,13-/m1/s1. The van der Waals surface area contributed by atoms with Crippen molar-refractivity contribution in [2.24, 2.45) is 0 Å². The van der Waals surface area contributed by atoms with Crippen LogP contribution in [-0.2, 0) is 15.1 Å². The number of ether oxygens (including phenoxy) is 2. The van der Waals surface area contributed by atoms with Crippen LogP contribution in [0.4, 0.5) is 0 Å². The van der Waals surface area contributed by atoms with Crippen LogP contribution in [0.5, 0.6) is 0 Å². The molecule has 0 spiro atoms. The van der Waals surface area contributed by atoms with Crippen molar-refractivity contribution in [2.45, 2.75) is 45.2 Å². The van der Waals surface area contributed by atoms with Gasteiger partial charge in [0.05, 0.1) is 11.7 Å². The Labute approximate surface area is 91.2 Å². The Morgan fingerprint density at radius 3 is 2.47 bits per heavy atom. The van der Waals surface area contributed by atoms with Gasteiger partial charge in [0, 0.05) is 6.42 Å². The van der Waals surface area contributed by atoms with Crippen LogP contribution >= 0.6 is 0 Å². The first-order valence-corrected chi connectivity index (χ1v) is 5.49. The fraction of sp³-hybridized carbons (Fsp3) is 0.538. The van der Waals surface area contributed by atoms with E-state index < -0.39 is 0 Å². The third kappa shape index (κ3) is 2.21. The van der Waals surface area contributed by atoms with Crippen molar-refractivity contribution in [3.63, 3.8) is 0 Å². The van der Waals surface area contributed by atoms with Gasteiger partial charge in [0.2, 0.25) is 0 Å². The zero-order valence-electron chi connectivity index (χ0n) is 9.57. The van der Waals surface area contributed by atoms with Gasteiger partial charge < -0.3 is 9.47 Å². The quantitative estimate of drug-likeness (QED) is 0.703. The molecule has 3 atom stereocenters. The lowest BCUT2D eigenvalue weighted by molar-refractivity contribution is -0.270. The highest BCUT2D eigenvalue weighted by Crippen LogP contribution is 2.36. The average molecular weight is 206 g/mol. The molecule has 1 fully saturated rings. The predicted molar refractivity (Wildman–Crippen MR) is 59.5 cm³/mol. The topological polar surface area (TPSA) is 18.5 Å². The summed E-state index contributed by atoms with van der Waals surface area (Å²) in [5.74, 6) is 0. The maximum absolute atomic E-state index is 5.91. The van der Waals surface area contributed by atoms with Gasteiger partial charge in [0.15, 0.2) is 6.29 Å². The zero-order chi connectivity index (χ0) is 10.9. The lowest BCUT2D eigenvalue weighted by atomic mass is 9.89. The molecule has 0 radical (unpaired) electrons. The number of hydrogen-bond acceptors (Lipinski definition) is 2. The summed E-state index contributed by atoms with van der Waals surface area (Å²) in [6.45, 7) is 6.19. The van der Waals surface area contributed by atoms with Crippen LogP contribution in [0.25, 0.3) is 0 Å². The van der Waals surface area contributed by atoms with Gasteiger partial charge in [-0.2, -0.15) is 0 Å². The fourth-order valence-corrected chi connectivity index (χ4v) is 2.34. The van der Waals surface area contributed by atoms with Crippen molar-refractivity contribution in [1.82, 2.24) is 0 Å². The highest BCUT2D eigenvalue weighted by Gasteiger charge is 2.36. The Kier molecular flexibility index (Phi) is 2.81. The molecule has 2 nitrogen and oxygen atoms in total. The van der Waals surface area contributed by atoms with E-state index in [1.165, 1.54) is 5.56 Å². The summed E-state index contributed by atoms with van der Waals surface area (Å²) in [7, 11) is 0. The van der Waals surface area contributed by atoms with Crippen molar-refractivity contribution >= 4 is 0 Å². The van der Waals surface area contributed by atoms with E-state index in [1.54, 1.807) is 0 Å². The van der Waals surface area contributed by atoms with E-state index in [0.717, 1.165) is 6.42 Å². The molecule has 0 amide bonds. The molecule has 1 aromatic rings. The van der Waals surface area contributed by atoms with E-state index in [1.807, 2.05) is 13.0 Å². The second-order valence-electron chi connectivity index (χ2n) is 4.43. The largest absolute Gasteiger partial charge is 0.350 e. The smallest absolute Gasteiger partial charge is 0.156 e. The molecule has 0 N–H and O–H groups in total. The molecular formula is C13H18O2. The van der Waals surface area contributed by atoms with E-state index in [4.69, 9.17) is 9.47 Å². The second-order valence-corrected chi connectivity index (χ2v) is 4.43. The monoisotopic (exact) mass is 206 g/mol. The van der Waals surface area contributed by atoms with E-state index >= 15 is 0 Å². The molecule has 0 aliphatic carbocycles. The molecule has 15 heavy (non-hydrogen) atoms. The minimum atomic E-state index is -0.210. The summed E-state index contributed by atoms with van der Waals surface area (Å²) in [6, 6.07) is 10.4. The van der Waals surface area contributed by atoms with E-state index in [9.17, 15) is 0 Å². The van der Waals surface area contributed by atoms with Crippen LogP contribution in [0.3, 0.4) is 0 Å². The molecular weight excluding hydrogens is 188 g/mol. The fourth-order valence-electron chi connectivity index (χ4n) is 2.34. The molecule has 0 unspecified atom stereocenters. The summed E-state index contributed by atoms with van der Waals surface area (Å²) in [6.07, 6.45) is 1.03. The van der Waals surface area contributed by atoms with Crippen molar-refractivity contribution < 1.29 is 9.47 Å². The van der Waals surface area contributed by atoms with Crippen LogP contribution in [0.15, 0.2) is 30.3 Å². The first-order valence-electron chi connectivity index (χ1n) is 5.49. The van der Waals surface area contributed by atoms with Gasteiger partial charge in [-0.1, -0.05) is 30.3 Å². The summed E-state index contributed by atoms with van der Waals surface area (Å²) in [5.41, 5.74) is 1.02. The highest BCUT2D eigenvalue weighted by atomic mass is 16.7. The van der Waals surface area contributed by atoms with Crippen LogP contribution in [0.2, 0.25) is 0 Å². The Hall–Kier alpha value is -0.860. The SMILES string of the molecule is C[C@H]1O[C@H](C)C[C@](C)(c2ccccc2)O1. The lowest BCUT2D eigenvalue weighted by Gasteiger charge is -2.41. The predicted octanol–water partition coefficient (Wildman–Crippen LogP) is 3.07. The molecule has 1 aliphatic heterocycles. The van der Waals surface area contributed by atoms with E-state index in [-0.39, 0.29) is 18.0 Å². The molecule has 1 heterocycles. The Balaban J connectivity index is 2.26. The summed E-state index contributed by atoms with van der Waals surface area (Å²) >= 11 is 0. The molecule has 0 aromatic heterocycles. The Morgan fingerprint density at radius 2 is 1.87 bits per heavy atom. The minimum Gasteiger partial charge on any atom is -0.350 e. The van der Waals surface area contributed by atoms with Gasteiger partial charge in [-0.15, -0.1) is 0 Å². The third-order valence-electron chi connectivity index (χ3n) is 2.91. The molecule has 1 aliphatic rings. The normalized spacial score (nSPS) is 36.5. The molecule has 1 saturated heterocycles. The average Bonchev–Trinajstić information content (AvgIpc) is 2.17. The van der Waals surface area contributed by atoms with Crippen LogP contribution in [0.1, 0.15) is 32.8 Å².